The second-order valence-corrected chi connectivity index (χ2v) is 12.2. The lowest BCUT2D eigenvalue weighted by molar-refractivity contribution is 0.102. The Morgan fingerprint density at radius 2 is 1.54 bits per heavy atom. The Balaban J connectivity index is 0.000000267. The average Bonchev–Trinajstić information content (AvgIpc) is 3.15. The number of H-pyrrole nitrogens is 1. The van der Waals surface area contributed by atoms with Gasteiger partial charge < -0.3 is 35.1 Å². The zero-order valence-electron chi connectivity index (χ0n) is 30.2. The van der Waals surface area contributed by atoms with Crippen LogP contribution < -0.4 is 16.5 Å². The molecular weight excluding hydrogens is 706 g/mol. The van der Waals surface area contributed by atoms with Crippen LogP contribution in [-0.4, -0.2) is 74.4 Å². The Morgan fingerprint density at radius 3 is 2.15 bits per heavy atom. The average molecular weight is 747 g/mol. The summed E-state index contributed by atoms with van der Waals surface area (Å²) in [7, 11) is 3.82. The van der Waals surface area contributed by atoms with Crippen molar-refractivity contribution in [2.45, 2.75) is 46.0 Å². The van der Waals surface area contributed by atoms with Gasteiger partial charge in [0.05, 0.1) is 80.2 Å². The van der Waals surface area contributed by atoms with Crippen LogP contribution in [0.1, 0.15) is 52.5 Å². The molecule has 271 valence electrons. The number of carbonyl (C=O) groups excluding carboxylic acids is 1. The number of aliphatic imine (C=N–C) groups is 1. The summed E-state index contributed by atoms with van der Waals surface area (Å²) >= 11 is 12.2. The number of nitrogen functional groups attached to an aromatic ring is 1. The van der Waals surface area contributed by atoms with Gasteiger partial charge in [0.15, 0.2) is 0 Å². The summed E-state index contributed by atoms with van der Waals surface area (Å²) in [5.74, 6) is -0.298. The highest BCUT2D eigenvalue weighted by atomic mass is 35.5. The number of ether oxygens (including phenoxy) is 3. The van der Waals surface area contributed by atoms with E-state index in [0.717, 1.165) is 54.3 Å². The Hall–Kier alpha value is -4.78. The fourth-order valence-electron chi connectivity index (χ4n) is 5.03. The summed E-state index contributed by atoms with van der Waals surface area (Å²) in [6.07, 6.45) is 8.92. The van der Waals surface area contributed by atoms with Crippen LogP contribution in [0.4, 0.5) is 17.1 Å². The highest BCUT2D eigenvalue weighted by molar-refractivity contribution is 6.34. The van der Waals surface area contributed by atoms with Gasteiger partial charge in [-0.2, -0.15) is 5.26 Å². The molecule has 52 heavy (non-hydrogen) atoms. The Kier molecular flexibility index (Phi) is 16.8. The highest BCUT2D eigenvalue weighted by Gasteiger charge is 2.19. The molecular formula is C36H41BCl2N8O5+. The number of carbonyl (C=O) groups is 1. The van der Waals surface area contributed by atoms with Crippen LogP contribution in [0.25, 0.3) is 0 Å². The monoisotopic (exact) mass is 746 g/mol. The number of rotatable bonds is 4. The minimum atomic E-state index is -0.298. The van der Waals surface area contributed by atoms with E-state index >= 15 is 0 Å². The summed E-state index contributed by atoms with van der Waals surface area (Å²) in [6, 6.07) is 10.5. The molecule has 6 heterocycles. The molecule has 1 aromatic carbocycles. The van der Waals surface area contributed by atoms with Crippen LogP contribution in [0, 0.1) is 11.3 Å². The van der Waals surface area contributed by atoms with Gasteiger partial charge in [-0.25, -0.2) is 4.99 Å². The van der Waals surface area contributed by atoms with Crippen molar-refractivity contribution in [2.24, 2.45) is 4.99 Å². The minimum Gasteiger partial charge on any atom is -0.396 e. The molecule has 7 rings (SSSR count). The second-order valence-electron chi connectivity index (χ2n) is 11.5. The van der Waals surface area contributed by atoms with Crippen LogP contribution in [0.3, 0.4) is 0 Å². The van der Waals surface area contributed by atoms with Gasteiger partial charge in [0.25, 0.3) is 5.91 Å². The number of nitrogens with zero attached hydrogens (tertiary/aromatic N) is 5. The zero-order chi connectivity index (χ0) is 36.8. The Morgan fingerprint density at radius 1 is 0.981 bits per heavy atom. The number of halogens is 2. The van der Waals surface area contributed by atoms with E-state index in [2.05, 4.69) is 25.3 Å². The molecule has 4 aromatic rings. The van der Waals surface area contributed by atoms with E-state index in [1.807, 2.05) is 25.1 Å². The van der Waals surface area contributed by atoms with Gasteiger partial charge in [-0.1, -0.05) is 41.4 Å². The fourth-order valence-corrected chi connectivity index (χ4v) is 5.50. The third-order valence-corrected chi connectivity index (χ3v) is 8.46. The maximum absolute atomic E-state index is 12.3. The molecule has 3 radical (unpaired) electrons. The van der Waals surface area contributed by atoms with Crippen molar-refractivity contribution in [3.8, 4) is 6.07 Å². The standard InChI is InChI=1S/C15H14N2O3.C11H14ClN3O.C8H9ClN2O.C2H3N.B/c18-14-11-9-20-7-6-12(11)16-8-13(14)17-15(19)10-4-2-1-3-5-10;1-15(2)7-14-10-5-13-9-3-4-16-6-8(9)11(10)12;9-8-5-4-12-2-1-7(5)11-3-6(8)10;1-2-3;/h1-5,8H,6-7,9H2,(H,16,18)(H,17,19);5,7H,3-4,6H2,1-2H3;3H,1-2,4,10H2;1H3;/p+1. The second kappa shape index (κ2) is 20.9. The molecule has 0 aliphatic carbocycles. The lowest BCUT2D eigenvalue weighted by Gasteiger charge is -2.17. The van der Waals surface area contributed by atoms with Gasteiger partial charge in [-0.15, -0.1) is 0 Å². The predicted molar refractivity (Wildman–Crippen MR) is 204 cm³/mol. The van der Waals surface area contributed by atoms with Crippen molar-refractivity contribution in [1.82, 2.24) is 19.9 Å². The lowest BCUT2D eigenvalue weighted by Crippen LogP contribution is -2.25. The number of nitrogens with one attached hydrogen (secondary N) is 2. The summed E-state index contributed by atoms with van der Waals surface area (Å²) in [4.78, 5) is 42.0. The number of hydrogen-bond acceptors (Lipinski definition) is 10. The third kappa shape index (κ3) is 11.4. The summed E-state index contributed by atoms with van der Waals surface area (Å²) in [6.45, 7) is 4.84. The zero-order valence-corrected chi connectivity index (χ0v) is 30.8. The van der Waals surface area contributed by atoms with Crippen LogP contribution in [0.5, 0.6) is 0 Å². The smallest absolute Gasteiger partial charge is 0.396 e. The number of aromatic nitrogens is 3. The number of nitrogens with two attached hydrogens (primary N) is 1. The first-order chi connectivity index (χ1) is 24.6. The van der Waals surface area contributed by atoms with E-state index in [4.69, 9.17) is 48.4 Å². The maximum Gasteiger partial charge on any atom is 1.00 e. The van der Waals surface area contributed by atoms with Gasteiger partial charge in [0.2, 0.25) is 5.43 Å². The van der Waals surface area contributed by atoms with Gasteiger partial charge in [0.1, 0.15) is 11.4 Å². The quantitative estimate of drug-likeness (QED) is 0.139. The highest BCUT2D eigenvalue weighted by Crippen LogP contribution is 2.32. The first-order valence-electron chi connectivity index (χ1n) is 16.1. The number of amides is 1. The predicted octanol–water partition coefficient (Wildman–Crippen LogP) is 5.38. The number of pyridine rings is 3. The first-order valence-corrected chi connectivity index (χ1v) is 16.8. The molecule has 0 saturated carbocycles. The largest absolute Gasteiger partial charge is 1.00 e. The lowest BCUT2D eigenvalue weighted by atomic mass is 10.1. The normalized spacial score (nSPS) is 13.7. The SMILES string of the molecule is CC#N.CN(C)C=Nc1cnc2c(c1Cl)COCC2.Nc1cnc2c(c1Cl)COCC2.O=C(Nc1c[nH]c2c(c1=O)COCC2)c1ccccc1.[B].[H+]. The number of benzene rings is 1. The van der Waals surface area contributed by atoms with Crippen LogP contribution in [0.15, 0.2) is 58.7 Å². The summed E-state index contributed by atoms with van der Waals surface area (Å²) in [5.41, 5.74) is 12.9. The number of hydrogen-bond donors (Lipinski definition) is 3. The molecule has 0 atom stereocenters. The van der Waals surface area contributed by atoms with Crippen molar-refractivity contribution in [3.63, 3.8) is 0 Å². The van der Waals surface area contributed by atoms with Crippen LogP contribution in [0.2, 0.25) is 10.0 Å². The molecule has 0 unspecified atom stereocenters. The number of aromatic amines is 1. The molecule has 1 amide bonds. The number of nitriles is 1. The third-order valence-electron chi connectivity index (χ3n) is 7.59. The Labute approximate surface area is 316 Å². The number of fused-ring (bicyclic) bond motifs is 3. The minimum absolute atomic E-state index is 0. The summed E-state index contributed by atoms with van der Waals surface area (Å²) in [5, 5.41) is 11.2. The van der Waals surface area contributed by atoms with E-state index in [9.17, 15) is 9.59 Å². The van der Waals surface area contributed by atoms with Gasteiger partial charge >= 0.3 is 1.43 Å². The maximum atomic E-state index is 12.3. The molecule has 0 bridgehead atoms. The molecule has 0 saturated heterocycles. The van der Waals surface area contributed by atoms with Crippen molar-refractivity contribution in [2.75, 3.05) is 45.0 Å². The molecule has 3 aromatic heterocycles. The van der Waals surface area contributed by atoms with E-state index in [0.29, 0.717) is 65.4 Å². The molecule has 16 heteroatoms. The van der Waals surface area contributed by atoms with Crippen molar-refractivity contribution in [3.05, 3.63) is 109 Å². The van der Waals surface area contributed by atoms with Gasteiger partial charge in [-0.05, 0) is 12.1 Å². The summed E-state index contributed by atoms with van der Waals surface area (Å²) < 4.78 is 15.9. The Bertz CT molecular complexity index is 1940. The van der Waals surface area contributed by atoms with Gasteiger partial charge in [-0.3, -0.25) is 19.6 Å². The van der Waals surface area contributed by atoms with E-state index in [1.165, 1.54) is 6.92 Å². The van der Waals surface area contributed by atoms with E-state index < -0.39 is 0 Å². The fraction of sp³-hybridized carbons (Fsp3) is 0.333. The van der Waals surface area contributed by atoms with Crippen molar-refractivity contribution >= 4 is 60.9 Å². The molecule has 13 nitrogen and oxygen atoms in total. The van der Waals surface area contributed by atoms with E-state index in [-0.39, 0.29) is 26.9 Å². The van der Waals surface area contributed by atoms with Gasteiger partial charge in [0, 0.05) is 94.2 Å². The molecule has 0 spiro atoms. The molecule has 4 N–H and O–H groups in total. The van der Waals surface area contributed by atoms with Crippen molar-refractivity contribution < 1.29 is 20.4 Å². The van der Waals surface area contributed by atoms with Crippen LogP contribution in [-0.2, 0) is 53.3 Å². The topological polar surface area (TPSA) is 181 Å². The molecule has 0 fully saturated rings. The number of anilines is 2. The van der Waals surface area contributed by atoms with E-state index in [1.54, 1.807) is 55.3 Å². The van der Waals surface area contributed by atoms with Crippen molar-refractivity contribution in [1.29, 1.82) is 5.26 Å². The molecule has 3 aliphatic rings. The molecule has 3 aliphatic heterocycles. The van der Waals surface area contributed by atoms with Crippen LogP contribution >= 0.6 is 23.2 Å². The first kappa shape index (κ1) is 41.6.